The molecule has 1 atom stereocenters. The SMILES string of the molecule is COC(=O)C(Cc1ccccc1)Oc1ccc(-c2ccc(N)cc2)cc1. The molecule has 0 spiro atoms. The number of carbonyl (C=O) groups excluding carboxylic acids is 1. The number of anilines is 1. The number of nitrogen functional groups attached to an aromatic ring is 1. The number of hydrogen-bond donors (Lipinski definition) is 1. The number of hydrogen-bond acceptors (Lipinski definition) is 4. The van der Waals surface area contributed by atoms with Crippen molar-refractivity contribution in [2.45, 2.75) is 12.5 Å². The van der Waals surface area contributed by atoms with Crippen LogP contribution in [-0.4, -0.2) is 19.2 Å². The maximum atomic E-state index is 12.1. The Morgan fingerprint density at radius 3 is 2.04 bits per heavy atom. The number of nitrogens with two attached hydrogens (primary N) is 1. The van der Waals surface area contributed by atoms with E-state index >= 15 is 0 Å². The molecule has 2 N–H and O–H groups in total. The van der Waals surface area contributed by atoms with E-state index in [4.69, 9.17) is 15.2 Å². The highest BCUT2D eigenvalue weighted by Gasteiger charge is 2.21. The van der Waals surface area contributed by atoms with Gasteiger partial charge in [0.15, 0.2) is 6.10 Å². The van der Waals surface area contributed by atoms with E-state index in [2.05, 4.69) is 0 Å². The van der Waals surface area contributed by atoms with Crippen LogP contribution in [0.2, 0.25) is 0 Å². The molecule has 0 aliphatic rings. The minimum absolute atomic E-state index is 0.392. The van der Waals surface area contributed by atoms with Gasteiger partial charge in [0.05, 0.1) is 7.11 Å². The average Bonchev–Trinajstić information content (AvgIpc) is 2.69. The monoisotopic (exact) mass is 347 g/mol. The number of methoxy groups -OCH3 is 1. The van der Waals surface area contributed by atoms with Crippen LogP contribution in [0.3, 0.4) is 0 Å². The molecule has 26 heavy (non-hydrogen) atoms. The van der Waals surface area contributed by atoms with E-state index in [0.717, 1.165) is 22.4 Å². The molecule has 0 saturated heterocycles. The van der Waals surface area contributed by atoms with Crippen LogP contribution >= 0.6 is 0 Å². The lowest BCUT2D eigenvalue weighted by molar-refractivity contribution is -0.148. The van der Waals surface area contributed by atoms with Crippen molar-refractivity contribution in [1.29, 1.82) is 0 Å². The lowest BCUT2D eigenvalue weighted by atomic mass is 10.1. The standard InChI is InChI=1S/C22H21NO3/c1-25-22(24)21(15-16-5-3-2-4-6-16)26-20-13-9-18(10-14-20)17-7-11-19(23)12-8-17/h2-14,21H,15,23H2,1H3. The van der Waals surface area contributed by atoms with Gasteiger partial charge in [-0.3, -0.25) is 0 Å². The fraction of sp³-hybridized carbons (Fsp3) is 0.136. The molecular weight excluding hydrogens is 326 g/mol. The van der Waals surface area contributed by atoms with Crippen LogP contribution in [-0.2, 0) is 16.0 Å². The molecule has 0 heterocycles. The van der Waals surface area contributed by atoms with Crippen molar-refractivity contribution in [3.8, 4) is 16.9 Å². The smallest absolute Gasteiger partial charge is 0.347 e. The minimum Gasteiger partial charge on any atom is -0.478 e. The fourth-order valence-corrected chi connectivity index (χ4v) is 2.70. The maximum absolute atomic E-state index is 12.1. The molecule has 3 rings (SSSR count). The number of carbonyl (C=O) groups is 1. The minimum atomic E-state index is -0.690. The summed E-state index contributed by atoms with van der Waals surface area (Å²) < 4.78 is 10.8. The zero-order chi connectivity index (χ0) is 18.4. The normalized spacial score (nSPS) is 11.6. The second kappa shape index (κ2) is 8.21. The molecule has 0 amide bonds. The lowest BCUT2D eigenvalue weighted by Gasteiger charge is -2.17. The van der Waals surface area contributed by atoms with Crippen molar-refractivity contribution in [3.05, 3.63) is 84.4 Å². The molecule has 0 aliphatic carbocycles. The van der Waals surface area contributed by atoms with E-state index in [0.29, 0.717) is 12.2 Å². The Morgan fingerprint density at radius 2 is 1.46 bits per heavy atom. The van der Waals surface area contributed by atoms with E-state index in [1.165, 1.54) is 7.11 Å². The molecule has 3 aromatic rings. The first-order chi connectivity index (χ1) is 12.7. The van der Waals surface area contributed by atoms with Crippen LogP contribution in [0.5, 0.6) is 5.75 Å². The molecule has 132 valence electrons. The molecule has 3 aromatic carbocycles. The second-order valence-electron chi connectivity index (χ2n) is 5.97. The van der Waals surface area contributed by atoms with Crippen LogP contribution in [0, 0.1) is 0 Å². The zero-order valence-corrected chi connectivity index (χ0v) is 14.6. The molecule has 0 aromatic heterocycles. The Morgan fingerprint density at radius 1 is 0.885 bits per heavy atom. The van der Waals surface area contributed by atoms with Crippen LogP contribution in [0.1, 0.15) is 5.56 Å². The number of ether oxygens (including phenoxy) is 2. The van der Waals surface area contributed by atoms with Gasteiger partial charge in [-0.05, 0) is 41.0 Å². The first-order valence-corrected chi connectivity index (χ1v) is 8.40. The Bertz CT molecular complexity index is 843. The quantitative estimate of drug-likeness (QED) is 0.539. The summed E-state index contributed by atoms with van der Waals surface area (Å²) in [6.45, 7) is 0. The molecule has 1 unspecified atom stereocenters. The predicted octanol–water partition coefficient (Wildman–Crippen LogP) is 4.10. The molecule has 4 heteroatoms. The van der Waals surface area contributed by atoms with Crippen molar-refractivity contribution in [2.24, 2.45) is 0 Å². The Kier molecular flexibility index (Phi) is 5.54. The molecular formula is C22H21NO3. The highest BCUT2D eigenvalue weighted by molar-refractivity contribution is 5.75. The van der Waals surface area contributed by atoms with Crippen LogP contribution in [0.25, 0.3) is 11.1 Å². The van der Waals surface area contributed by atoms with Crippen molar-refractivity contribution >= 4 is 11.7 Å². The molecule has 0 aliphatic heterocycles. The van der Waals surface area contributed by atoms with Gasteiger partial charge in [0, 0.05) is 12.1 Å². The summed E-state index contributed by atoms with van der Waals surface area (Å²) in [6, 6.07) is 25.0. The summed E-state index contributed by atoms with van der Waals surface area (Å²) in [5.41, 5.74) is 9.59. The summed E-state index contributed by atoms with van der Waals surface area (Å²) in [5, 5.41) is 0. The molecule has 0 bridgehead atoms. The van der Waals surface area contributed by atoms with Crippen molar-refractivity contribution in [2.75, 3.05) is 12.8 Å². The third-order valence-corrected chi connectivity index (χ3v) is 4.10. The Labute approximate surface area is 153 Å². The van der Waals surface area contributed by atoms with Crippen LogP contribution in [0.15, 0.2) is 78.9 Å². The van der Waals surface area contributed by atoms with E-state index < -0.39 is 12.1 Å². The van der Waals surface area contributed by atoms with Gasteiger partial charge >= 0.3 is 5.97 Å². The lowest BCUT2D eigenvalue weighted by Crippen LogP contribution is -2.30. The molecule has 0 radical (unpaired) electrons. The van der Waals surface area contributed by atoms with Gasteiger partial charge in [-0.25, -0.2) is 4.79 Å². The summed E-state index contributed by atoms with van der Waals surface area (Å²) in [5.74, 6) is 0.229. The third-order valence-electron chi connectivity index (χ3n) is 4.10. The van der Waals surface area contributed by atoms with E-state index in [1.807, 2.05) is 78.9 Å². The zero-order valence-electron chi connectivity index (χ0n) is 14.6. The number of benzene rings is 3. The molecule has 0 saturated carbocycles. The second-order valence-corrected chi connectivity index (χ2v) is 5.97. The summed E-state index contributed by atoms with van der Waals surface area (Å²) in [7, 11) is 1.37. The van der Waals surface area contributed by atoms with Crippen LogP contribution in [0.4, 0.5) is 5.69 Å². The fourth-order valence-electron chi connectivity index (χ4n) is 2.70. The first kappa shape index (κ1) is 17.5. The predicted molar refractivity (Wildman–Crippen MR) is 103 cm³/mol. The first-order valence-electron chi connectivity index (χ1n) is 8.40. The van der Waals surface area contributed by atoms with Gasteiger partial charge in [-0.1, -0.05) is 54.6 Å². The van der Waals surface area contributed by atoms with E-state index in [9.17, 15) is 4.79 Å². The van der Waals surface area contributed by atoms with Crippen molar-refractivity contribution < 1.29 is 14.3 Å². The van der Waals surface area contributed by atoms with Gasteiger partial charge < -0.3 is 15.2 Å². The van der Waals surface area contributed by atoms with Crippen molar-refractivity contribution in [3.63, 3.8) is 0 Å². The Hall–Kier alpha value is -3.27. The highest BCUT2D eigenvalue weighted by Crippen LogP contribution is 2.24. The molecule has 4 nitrogen and oxygen atoms in total. The van der Waals surface area contributed by atoms with Gasteiger partial charge in [0.25, 0.3) is 0 Å². The Balaban J connectivity index is 1.74. The largest absolute Gasteiger partial charge is 0.478 e. The topological polar surface area (TPSA) is 61.5 Å². The van der Waals surface area contributed by atoms with Gasteiger partial charge in [-0.15, -0.1) is 0 Å². The summed E-state index contributed by atoms with van der Waals surface area (Å²) in [6.07, 6.45) is -0.238. The van der Waals surface area contributed by atoms with E-state index in [-0.39, 0.29) is 0 Å². The number of esters is 1. The van der Waals surface area contributed by atoms with E-state index in [1.54, 1.807) is 0 Å². The van der Waals surface area contributed by atoms with Gasteiger partial charge in [-0.2, -0.15) is 0 Å². The third kappa shape index (κ3) is 4.42. The summed E-state index contributed by atoms with van der Waals surface area (Å²) in [4.78, 5) is 12.1. The highest BCUT2D eigenvalue weighted by atomic mass is 16.6. The van der Waals surface area contributed by atoms with Gasteiger partial charge in [0.2, 0.25) is 0 Å². The maximum Gasteiger partial charge on any atom is 0.347 e. The summed E-state index contributed by atoms with van der Waals surface area (Å²) >= 11 is 0. The van der Waals surface area contributed by atoms with Crippen molar-refractivity contribution in [1.82, 2.24) is 0 Å². The number of rotatable bonds is 6. The van der Waals surface area contributed by atoms with Crippen LogP contribution < -0.4 is 10.5 Å². The average molecular weight is 347 g/mol. The van der Waals surface area contributed by atoms with Gasteiger partial charge in [0.1, 0.15) is 5.75 Å². The molecule has 0 fully saturated rings.